The first kappa shape index (κ1) is 21.1. The van der Waals surface area contributed by atoms with E-state index in [0.717, 1.165) is 58.2 Å². The molecular weight excluding hydrogens is 280 g/mol. The summed E-state index contributed by atoms with van der Waals surface area (Å²) in [5.74, 6) is 1.53. The van der Waals surface area contributed by atoms with Crippen LogP contribution in [-0.4, -0.2) is 78.1 Å². The van der Waals surface area contributed by atoms with Gasteiger partial charge >= 0.3 is 0 Å². The van der Waals surface area contributed by atoms with Gasteiger partial charge in [-0.1, -0.05) is 13.8 Å². The molecule has 0 aliphatic rings. The van der Waals surface area contributed by atoms with Gasteiger partial charge in [0.05, 0.1) is 6.61 Å². The Kier molecular flexibility index (Phi) is 14.5. The van der Waals surface area contributed by atoms with Crippen molar-refractivity contribution < 1.29 is 9.47 Å². The third-order valence-electron chi connectivity index (χ3n) is 3.28. The number of nitrogens with zero attached hydrogens (tertiary/aromatic N) is 2. The minimum atomic E-state index is 0.697. The zero-order valence-electron chi connectivity index (χ0n) is 15.2. The van der Waals surface area contributed by atoms with Gasteiger partial charge in [0.25, 0.3) is 0 Å². The molecule has 0 aromatic carbocycles. The number of guanidine groups is 1. The zero-order valence-corrected chi connectivity index (χ0v) is 15.2. The highest BCUT2D eigenvalue weighted by Gasteiger charge is 2.00. The highest BCUT2D eigenvalue weighted by Crippen LogP contribution is 1.98. The molecule has 0 rings (SSSR count). The quantitative estimate of drug-likeness (QED) is 0.304. The largest absolute Gasteiger partial charge is 0.385 e. The minimum Gasteiger partial charge on any atom is -0.385 e. The van der Waals surface area contributed by atoms with Crippen LogP contribution in [0.4, 0.5) is 0 Å². The second kappa shape index (κ2) is 15.1. The topological polar surface area (TPSA) is 58.1 Å². The fraction of sp³-hybridized carbons (Fsp3) is 0.938. The first-order chi connectivity index (χ1) is 10.6. The van der Waals surface area contributed by atoms with Gasteiger partial charge in [-0.15, -0.1) is 0 Å². The Morgan fingerprint density at radius 2 is 1.82 bits per heavy atom. The maximum Gasteiger partial charge on any atom is 0.191 e. The van der Waals surface area contributed by atoms with Crippen molar-refractivity contribution in [3.05, 3.63) is 0 Å². The minimum absolute atomic E-state index is 0.697. The van der Waals surface area contributed by atoms with Crippen LogP contribution in [0.2, 0.25) is 0 Å². The van der Waals surface area contributed by atoms with Gasteiger partial charge in [-0.25, -0.2) is 0 Å². The molecule has 0 atom stereocenters. The first-order valence-corrected chi connectivity index (χ1v) is 8.29. The summed E-state index contributed by atoms with van der Waals surface area (Å²) in [6.07, 6.45) is 2.18. The van der Waals surface area contributed by atoms with Gasteiger partial charge in [-0.3, -0.25) is 4.99 Å². The number of rotatable bonds is 13. The number of likely N-dealkylation sites (N-methyl/N-ethyl adjacent to an activating group) is 1. The van der Waals surface area contributed by atoms with E-state index in [1.54, 1.807) is 14.2 Å². The van der Waals surface area contributed by atoms with Crippen molar-refractivity contribution >= 4 is 5.96 Å². The summed E-state index contributed by atoms with van der Waals surface area (Å²) in [5, 5.41) is 6.57. The maximum absolute atomic E-state index is 5.57. The summed E-state index contributed by atoms with van der Waals surface area (Å²) in [5.41, 5.74) is 0. The van der Waals surface area contributed by atoms with Crippen LogP contribution in [0.1, 0.15) is 26.7 Å². The number of hydrogen-bond acceptors (Lipinski definition) is 4. The summed E-state index contributed by atoms with van der Waals surface area (Å²) in [4.78, 5) is 6.49. The Labute approximate surface area is 136 Å². The van der Waals surface area contributed by atoms with Gasteiger partial charge in [0.2, 0.25) is 0 Å². The number of hydrogen-bond donors (Lipinski definition) is 2. The Morgan fingerprint density at radius 1 is 1.09 bits per heavy atom. The van der Waals surface area contributed by atoms with E-state index in [4.69, 9.17) is 9.47 Å². The molecule has 6 nitrogen and oxygen atoms in total. The van der Waals surface area contributed by atoms with Crippen molar-refractivity contribution in [2.45, 2.75) is 26.7 Å². The van der Waals surface area contributed by atoms with Crippen LogP contribution >= 0.6 is 0 Å². The molecule has 0 bridgehead atoms. The van der Waals surface area contributed by atoms with E-state index >= 15 is 0 Å². The summed E-state index contributed by atoms with van der Waals surface area (Å²) in [7, 11) is 5.65. The molecular formula is C16H36N4O2. The van der Waals surface area contributed by atoms with E-state index in [1.807, 2.05) is 0 Å². The van der Waals surface area contributed by atoms with Gasteiger partial charge in [-0.2, -0.15) is 0 Å². The third-order valence-corrected chi connectivity index (χ3v) is 3.28. The predicted molar refractivity (Wildman–Crippen MR) is 93.6 cm³/mol. The van der Waals surface area contributed by atoms with E-state index in [9.17, 15) is 0 Å². The van der Waals surface area contributed by atoms with Crippen molar-refractivity contribution in [1.29, 1.82) is 0 Å². The lowest BCUT2D eigenvalue weighted by Gasteiger charge is -2.18. The molecule has 0 aromatic rings. The summed E-state index contributed by atoms with van der Waals surface area (Å²) < 4.78 is 10.6. The molecule has 0 aliphatic heterocycles. The van der Waals surface area contributed by atoms with Crippen molar-refractivity contribution in [3.8, 4) is 0 Å². The summed E-state index contributed by atoms with van der Waals surface area (Å²) in [6.45, 7) is 10.5. The molecule has 0 heterocycles. The summed E-state index contributed by atoms with van der Waals surface area (Å²) >= 11 is 0. The second-order valence-electron chi connectivity index (χ2n) is 5.87. The smallest absolute Gasteiger partial charge is 0.191 e. The van der Waals surface area contributed by atoms with Gasteiger partial charge in [0.1, 0.15) is 0 Å². The van der Waals surface area contributed by atoms with Crippen molar-refractivity contribution in [2.75, 3.05) is 67.2 Å². The van der Waals surface area contributed by atoms with Gasteiger partial charge in [0.15, 0.2) is 5.96 Å². The van der Waals surface area contributed by atoms with Gasteiger partial charge in [-0.05, 0) is 25.8 Å². The van der Waals surface area contributed by atoms with Crippen LogP contribution < -0.4 is 10.6 Å². The van der Waals surface area contributed by atoms with Gasteiger partial charge < -0.3 is 25.0 Å². The SMILES string of the molecule is CN=C(NCCOCCC(C)C)NCCN(C)CCCOC. The molecule has 0 amide bonds. The second-order valence-corrected chi connectivity index (χ2v) is 5.87. The molecule has 0 saturated carbocycles. The Bertz CT molecular complexity index is 273. The molecule has 0 unspecified atom stereocenters. The zero-order chi connectivity index (χ0) is 16.6. The third kappa shape index (κ3) is 14.1. The molecule has 0 fully saturated rings. The van der Waals surface area contributed by atoms with Crippen molar-refractivity contribution in [1.82, 2.24) is 15.5 Å². The van der Waals surface area contributed by atoms with Crippen LogP contribution in [-0.2, 0) is 9.47 Å². The standard InChI is InChI=1S/C16H36N4O2/c1-15(2)7-13-22-14-9-19-16(17-3)18-8-11-20(4)10-6-12-21-5/h15H,6-14H2,1-5H3,(H2,17,18,19). The molecule has 0 spiro atoms. The maximum atomic E-state index is 5.57. The van der Waals surface area contributed by atoms with Gasteiger partial charge in [0, 0.05) is 53.6 Å². The highest BCUT2D eigenvalue weighted by atomic mass is 16.5. The van der Waals surface area contributed by atoms with Crippen LogP contribution in [0.5, 0.6) is 0 Å². The van der Waals surface area contributed by atoms with E-state index < -0.39 is 0 Å². The van der Waals surface area contributed by atoms with E-state index in [0.29, 0.717) is 12.5 Å². The fourth-order valence-corrected chi connectivity index (χ4v) is 1.84. The molecule has 2 N–H and O–H groups in total. The molecule has 132 valence electrons. The number of methoxy groups -OCH3 is 1. The number of nitrogens with one attached hydrogen (secondary N) is 2. The number of aliphatic imine (C=N–C) groups is 1. The first-order valence-electron chi connectivity index (χ1n) is 8.29. The van der Waals surface area contributed by atoms with Crippen LogP contribution in [0, 0.1) is 5.92 Å². The van der Waals surface area contributed by atoms with E-state index in [1.165, 1.54) is 0 Å². The van der Waals surface area contributed by atoms with Crippen molar-refractivity contribution in [2.24, 2.45) is 10.9 Å². The Hall–Kier alpha value is -0.850. The van der Waals surface area contributed by atoms with E-state index in [-0.39, 0.29) is 0 Å². The summed E-state index contributed by atoms with van der Waals surface area (Å²) in [6, 6.07) is 0. The molecule has 22 heavy (non-hydrogen) atoms. The highest BCUT2D eigenvalue weighted by molar-refractivity contribution is 5.79. The van der Waals surface area contributed by atoms with Crippen LogP contribution in [0.15, 0.2) is 4.99 Å². The molecule has 6 heteroatoms. The molecule has 0 radical (unpaired) electrons. The molecule has 0 aliphatic carbocycles. The number of ether oxygens (including phenoxy) is 2. The van der Waals surface area contributed by atoms with Crippen LogP contribution in [0.25, 0.3) is 0 Å². The van der Waals surface area contributed by atoms with E-state index in [2.05, 4.69) is 41.4 Å². The Balaban J connectivity index is 3.55. The molecule has 0 saturated heterocycles. The molecule has 0 aromatic heterocycles. The lowest BCUT2D eigenvalue weighted by molar-refractivity contribution is 0.128. The monoisotopic (exact) mass is 316 g/mol. The normalized spacial score (nSPS) is 12.2. The fourth-order valence-electron chi connectivity index (χ4n) is 1.84. The predicted octanol–water partition coefficient (Wildman–Crippen LogP) is 1.18. The van der Waals surface area contributed by atoms with Crippen LogP contribution in [0.3, 0.4) is 0 Å². The van der Waals surface area contributed by atoms with Crippen molar-refractivity contribution in [3.63, 3.8) is 0 Å². The average Bonchev–Trinajstić information content (AvgIpc) is 2.48. The lowest BCUT2D eigenvalue weighted by Crippen LogP contribution is -2.42. The average molecular weight is 316 g/mol. The lowest BCUT2D eigenvalue weighted by atomic mass is 10.1. The Morgan fingerprint density at radius 3 is 2.45 bits per heavy atom.